The van der Waals surface area contributed by atoms with E-state index in [4.69, 9.17) is 4.74 Å². The third-order valence-electron chi connectivity index (χ3n) is 11.8. The van der Waals surface area contributed by atoms with Gasteiger partial charge in [-0.2, -0.15) is 4.58 Å². The molecule has 54 heavy (non-hydrogen) atoms. The highest BCUT2D eigenvalue weighted by molar-refractivity contribution is 6.03. The zero-order valence-electron chi connectivity index (χ0n) is 33.7. The van der Waals surface area contributed by atoms with Gasteiger partial charge in [-0.05, 0) is 108 Å². The van der Waals surface area contributed by atoms with Gasteiger partial charge in [0.1, 0.15) is 12.3 Å². The third-order valence-corrected chi connectivity index (χ3v) is 11.8. The van der Waals surface area contributed by atoms with Gasteiger partial charge in [0.25, 0.3) is 0 Å². The fourth-order valence-corrected chi connectivity index (χ4v) is 8.90. The number of allylic oxidation sites excluding steroid dienone is 7. The van der Waals surface area contributed by atoms with Crippen LogP contribution in [-0.4, -0.2) is 23.4 Å². The fraction of sp³-hybridized carbons (Fsp3) is 0.314. The van der Waals surface area contributed by atoms with Gasteiger partial charge in [-0.3, -0.25) is 0 Å². The molecule has 2 heterocycles. The average molecular weight is 712 g/mol. The third kappa shape index (κ3) is 6.26. The van der Waals surface area contributed by atoms with Crippen LogP contribution < -0.4 is 4.90 Å². The van der Waals surface area contributed by atoms with Crippen LogP contribution in [0.1, 0.15) is 94.7 Å². The molecule has 0 amide bonds. The number of hydrogen-bond acceptors (Lipinski definition) is 2. The van der Waals surface area contributed by atoms with Gasteiger partial charge in [0, 0.05) is 52.2 Å². The van der Waals surface area contributed by atoms with Crippen LogP contribution in [0.3, 0.4) is 0 Å². The maximum absolute atomic E-state index is 7.55. The first-order valence-corrected chi connectivity index (χ1v) is 19.7. The molecule has 0 aromatic heterocycles. The highest BCUT2D eigenvalue weighted by Crippen LogP contribution is 2.49. The Morgan fingerprint density at radius 1 is 0.759 bits per heavy atom. The largest absolute Gasteiger partial charge is 0.466 e. The summed E-state index contributed by atoms with van der Waals surface area (Å²) in [6.07, 6.45) is 11.1. The number of fused-ring (bicyclic) bond motifs is 2. The molecule has 0 saturated carbocycles. The Hall–Kier alpha value is -5.33. The number of aryl methyl sites for hydroxylation is 2. The summed E-state index contributed by atoms with van der Waals surface area (Å²) in [4.78, 5) is 2.48. The van der Waals surface area contributed by atoms with E-state index < -0.39 is 5.60 Å². The first-order valence-electron chi connectivity index (χ1n) is 19.7. The molecule has 0 radical (unpaired) electrons. The number of ether oxygens (including phenoxy) is 1. The van der Waals surface area contributed by atoms with Crippen LogP contribution in [0.25, 0.3) is 0 Å². The van der Waals surface area contributed by atoms with Crippen molar-refractivity contribution < 1.29 is 9.31 Å². The Morgan fingerprint density at radius 2 is 1.39 bits per heavy atom. The number of anilines is 1. The summed E-state index contributed by atoms with van der Waals surface area (Å²) in [6, 6.07) is 34.8. The summed E-state index contributed by atoms with van der Waals surface area (Å²) in [6.45, 7) is 22.0. The van der Waals surface area contributed by atoms with Gasteiger partial charge in [-0.15, -0.1) is 5.92 Å². The van der Waals surface area contributed by atoms with E-state index >= 15 is 0 Å². The minimum Gasteiger partial charge on any atom is -0.466 e. The molecule has 7 rings (SSSR count). The smallest absolute Gasteiger partial charge is 0.220 e. The van der Waals surface area contributed by atoms with E-state index in [1.165, 1.54) is 56.2 Å². The van der Waals surface area contributed by atoms with Crippen LogP contribution in [0.5, 0.6) is 0 Å². The zero-order chi connectivity index (χ0) is 38.3. The lowest BCUT2D eigenvalue weighted by atomic mass is 9.80. The molecule has 0 atom stereocenters. The zero-order valence-corrected chi connectivity index (χ0v) is 33.7. The predicted molar refractivity (Wildman–Crippen MR) is 227 cm³/mol. The Balaban J connectivity index is 1.41. The molecule has 0 N–H and O–H groups in total. The van der Waals surface area contributed by atoms with Crippen molar-refractivity contribution in [2.45, 2.75) is 91.6 Å². The highest BCUT2D eigenvalue weighted by atomic mass is 16.5. The molecule has 0 spiro atoms. The Bertz CT molecular complexity index is 2260. The van der Waals surface area contributed by atoms with Crippen molar-refractivity contribution in [1.82, 2.24) is 0 Å². The van der Waals surface area contributed by atoms with Crippen molar-refractivity contribution in [2.24, 2.45) is 0 Å². The number of likely N-dealkylation sites (N-methyl/N-ethyl adjacent to an activating group) is 1. The molecular formula is C51H55N2O+. The first kappa shape index (κ1) is 37.0. The lowest BCUT2D eigenvalue weighted by Gasteiger charge is -2.32. The number of nitrogens with zero attached hydrogens (tertiary/aromatic N) is 2. The van der Waals surface area contributed by atoms with Gasteiger partial charge in [0.05, 0.1) is 5.41 Å². The Kier molecular flexibility index (Phi) is 9.92. The van der Waals surface area contributed by atoms with Gasteiger partial charge in [0.15, 0.2) is 5.71 Å². The van der Waals surface area contributed by atoms with E-state index in [0.29, 0.717) is 0 Å². The van der Waals surface area contributed by atoms with Crippen molar-refractivity contribution in [2.75, 3.05) is 18.0 Å². The summed E-state index contributed by atoms with van der Waals surface area (Å²) in [5.41, 5.74) is 13.7. The normalized spacial score (nSPS) is 18.8. The van der Waals surface area contributed by atoms with E-state index in [0.717, 1.165) is 42.8 Å². The van der Waals surface area contributed by atoms with Crippen molar-refractivity contribution in [3.63, 3.8) is 0 Å². The predicted octanol–water partition coefficient (Wildman–Crippen LogP) is 11.9. The molecule has 3 heteroatoms. The summed E-state index contributed by atoms with van der Waals surface area (Å²) in [5, 5.41) is 0. The van der Waals surface area contributed by atoms with Crippen LogP contribution in [0.15, 0.2) is 144 Å². The summed E-state index contributed by atoms with van der Waals surface area (Å²) in [5.74, 6) is 7.78. The van der Waals surface area contributed by atoms with E-state index in [9.17, 15) is 0 Å². The van der Waals surface area contributed by atoms with Crippen LogP contribution in [0, 0.1) is 25.7 Å². The van der Waals surface area contributed by atoms with Gasteiger partial charge in [0.2, 0.25) is 11.3 Å². The molecule has 274 valence electrons. The van der Waals surface area contributed by atoms with Crippen molar-refractivity contribution in [3.8, 4) is 11.8 Å². The molecular weight excluding hydrogens is 657 g/mol. The quantitative estimate of drug-likeness (QED) is 0.127. The topological polar surface area (TPSA) is 15.5 Å². The van der Waals surface area contributed by atoms with Crippen LogP contribution >= 0.6 is 0 Å². The van der Waals surface area contributed by atoms with Crippen molar-refractivity contribution in [3.05, 3.63) is 177 Å². The summed E-state index contributed by atoms with van der Waals surface area (Å²) >= 11 is 0. The molecule has 0 saturated heterocycles. The van der Waals surface area contributed by atoms with E-state index in [2.05, 4.69) is 198 Å². The number of hydrogen-bond donors (Lipinski definition) is 0. The molecule has 2 aliphatic heterocycles. The van der Waals surface area contributed by atoms with Gasteiger partial charge in [-0.1, -0.05) is 110 Å². The Labute approximate surface area is 324 Å². The molecule has 4 aromatic carbocycles. The molecule has 0 unspecified atom stereocenters. The SMILES string of the molecule is CC#CC(OC1=C(/C=C/C2=[N+](CC)c3ccc(C)cc3C2(C)C)CC/C1=C\C=C1\N(CC)c2ccc(C)cc2C1(C)C)(c1ccccc1)c1ccccc1. The van der Waals surface area contributed by atoms with E-state index in [1.807, 2.05) is 6.92 Å². The second-order valence-electron chi connectivity index (χ2n) is 16.0. The van der Waals surface area contributed by atoms with Crippen molar-refractivity contribution >= 4 is 17.1 Å². The molecule has 0 bridgehead atoms. The van der Waals surface area contributed by atoms with Crippen LogP contribution in [-0.2, 0) is 21.2 Å². The van der Waals surface area contributed by atoms with Gasteiger partial charge in [-0.25, -0.2) is 0 Å². The fourth-order valence-electron chi connectivity index (χ4n) is 8.90. The number of rotatable bonds is 9. The van der Waals surface area contributed by atoms with Crippen LogP contribution in [0.4, 0.5) is 11.4 Å². The second-order valence-corrected chi connectivity index (χ2v) is 16.0. The minimum atomic E-state index is -0.999. The minimum absolute atomic E-state index is 0.131. The standard InChI is InChI=1S/C51H55N2O/c1-10-33-51(40-19-15-13-16-20-40,41-21-17-14-18-22-41)54-48-38(27-31-46-49(6,7)42-34-36(4)23-29-44(42)52(46)11-2)25-26-39(48)28-32-47-50(8,9)43-35-37(5)24-30-45(43)53(47)12-3/h13-24,27-32,34-35H,11-12,25-26H2,1-9H3/q+1. The maximum Gasteiger partial charge on any atom is 0.220 e. The Morgan fingerprint density at radius 3 is 2.00 bits per heavy atom. The lowest BCUT2D eigenvalue weighted by molar-refractivity contribution is -0.433. The van der Waals surface area contributed by atoms with Gasteiger partial charge >= 0.3 is 0 Å². The van der Waals surface area contributed by atoms with Gasteiger partial charge < -0.3 is 9.64 Å². The summed E-state index contributed by atoms with van der Waals surface area (Å²) < 4.78 is 10.0. The molecule has 3 nitrogen and oxygen atoms in total. The van der Waals surface area contributed by atoms with Crippen molar-refractivity contribution in [1.29, 1.82) is 0 Å². The first-order chi connectivity index (χ1) is 26.0. The average Bonchev–Trinajstić information content (AvgIpc) is 3.72. The summed E-state index contributed by atoms with van der Waals surface area (Å²) in [7, 11) is 0. The van der Waals surface area contributed by atoms with E-state index in [1.54, 1.807) is 0 Å². The molecule has 0 fully saturated rings. The monoisotopic (exact) mass is 711 g/mol. The molecule has 4 aromatic rings. The number of benzene rings is 4. The molecule has 3 aliphatic rings. The van der Waals surface area contributed by atoms with Crippen LogP contribution in [0.2, 0.25) is 0 Å². The lowest BCUT2D eigenvalue weighted by Crippen LogP contribution is -2.30. The highest BCUT2D eigenvalue weighted by Gasteiger charge is 2.44. The second kappa shape index (κ2) is 14.5. The van der Waals surface area contributed by atoms with E-state index in [-0.39, 0.29) is 10.8 Å². The maximum atomic E-state index is 7.55. The molecule has 1 aliphatic carbocycles.